The number of carbonyl (C=O) groups excluding carboxylic acids is 1. The van der Waals surface area contributed by atoms with Crippen LogP contribution in [0.2, 0.25) is 0 Å². The standard InChI is InChI=1S/C25H29IN2O2/c1-4-18(2)28-21(12-8-11-19-9-6-5-7-10-19)14-15-23(28)25(29)27-22-17-20(26)13-16-24(22)30-3/h5-7,9-10,13-18H,4,8,11-12H2,1-3H3,(H,27,29)/t18-/m0/s1. The number of nitrogens with one attached hydrogen (secondary N) is 1. The van der Waals surface area contributed by atoms with Crippen LogP contribution in [0.5, 0.6) is 5.75 Å². The van der Waals surface area contributed by atoms with Crippen LogP contribution in [0.25, 0.3) is 0 Å². The van der Waals surface area contributed by atoms with E-state index in [1.807, 2.05) is 30.3 Å². The number of aryl methyl sites for hydroxylation is 2. The van der Waals surface area contributed by atoms with E-state index in [2.05, 4.69) is 76.7 Å². The maximum atomic E-state index is 13.2. The molecule has 0 saturated heterocycles. The third-order valence-corrected chi connectivity index (χ3v) is 6.09. The number of carbonyl (C=O) groups is 1. The molecule has 1 atom stereocenters. The second-order valence-electron chi connectivity index (χ2n) is 7.48. The van der Waals surface area contributed by atoms with Crippen LogP contribution in [0.4, 0.5) is 5.69 Å². The summed E-state index contributed by atoms with van der Waals surface area (Å²) in [4.78, 5) is 13.2. The van der Waals surface area contributed by atoms with Gasteiger partial charge in [-0.3, -0.25) is 4.79 Å². The van der Waals surface area contributed by atoms with Gasteiger partial charge in [0.25, 0.3) is 5.91 Å². The van der Waals surface area contributed by atoms with Gasteiger partial charge in [0.2, 0.25) is 0 Å². The van der Waals surface area contributed by atoms with Gasteiger partial charge in [-0.25, -0.2) is 0 Å². The van der Waals surface area contributed by atoms with Crippen molar-refractivity contribution in [1.82, 2.24) is 4.57 Å². The molecule has 0 fully saturated rings. The van der Waals surface area contributed by atoms with Crippen molar-refractivity contribution in [2.75, 3.05) is 12.4 Å². The van der Waals surface area contributed by atoms with E-state index in [1.54, 1.807) is 7.11 Å². The predicted molar refractivity (Wildman–Crippen MR) is 132 cm³/mol. The lowest BCUT2D eigenvalue weighted by atomic mass is 10.1. The average Bonchev–Trinajstić information content (AvgIpc) is 3.18. The van der Waals surface area contributed by atoms with Gasteiger partial charge in [0.05, 0.1) is 12.8 Å². The summed E-state index contributed by atoms with van der Waals surface area (Å²) in [5, 5.41) is 3.04. The van der Waals surface area contributed by atoms with Crippen LogP contribution in [0.3, 0.4) is 0 Å². The monoisotopic (exact) mass is 516 g/mol. The number of aromatic nitrogens is 1. The molecular weight excluding hydrogens is 487 g/mol. The average molecular weight is 516 g/mol. The molecule has 1 N–H and O–H groups in total. The predicted octanol–water partition coefficient (Wildman–Crippen LogP) is 6.50. The number of hydrogen-bond acceptors (Lipinski definition) is 2. The van der Waals surface area contributed by atoms with Crippen molar-refractivity contribution in [3.63, 3.8) is 0 Å². The Morgan fingerprint density at radius 3 is 2.57 bits per heavy atom. The van der Waals surface area contributed by atoms with Crippen LogP contribution in [-0.4, -0.2) is 17.6 Å². The van der Waals surface area contributed by atoms with Gasteiger partial charge in [0.1, 0.15) is 11.4 Å². The Kier molecular flexibility index (Phi) is 7.96. The molecule has 0 aliphatic heterocycles. The lowest BCUT2D eigenvalue weighted by Gasteiger charge is -2.20. The maximum absolute atomic E-state index is 13.2. The molecule has 1 amide bonds. The Labute approximate surface area is 192 Å². The van der Waals surface area contributed by atoms with Gasteiger partial charge in [-0.15, -0.1) is 0 Å². The van der Waals surface area contributed by atoms with Crippen molar-refractivity contribution in [3.8, 4) is 5.75 Å². The van der Waals surface area contributed by atoms with Crippen LogP contribution >= 0.6 is 22.6 Å². The van der Waals surface area contributed by atoms with Gasteiger partial charge in [0, 0.05) is 15.3 Å². The highest BCUT2D eigenvalue weighted by atomic mass is 127. The topological polar surface area (TPSA) is 43.3 Å². The van der Waals surface area contributed by atoms with Gasteiger partial charge in [-0.05, 0) is 91.1 Å². The fraction of sp³-hybridized carbons (Fsp3) is 0.320. The molecule has 0 saturated carbocycles. The molecule has 1 heterocycles. The molecule has 5 heteroatoms. The van der Waals surface area contributed by atoms with Crippen LogP contribution < -0.4 is 10.1 Å². The first-order chi connectivity index (χ1) is 14.5. The number of anilines is 1. The molecule has 30 heavy (non-hydrogen) atoms. The van der Waals surface area contributed by atoms with E-state index >= 15 is 0 Å². The smallest absolute Gasteiger partial charge is 0.272 e. The lowest BCUT2D eigenvalue weighted by molar-refractivity contribution is 0.101. The number of benzene rings is 2. The number of rotatable bonds is 9. The zero-order valence-electron chi connectivity index (χ0n) is 17.8. The lowest BCUT2D eigenvalue weighted by Crippen LogP contribution is -2.20. The van der Waals surface area contributed by atoms with E-state index in [0.717, 1.165) is 29.3 Å². The zero-order valence-corrected chi connectivity index (χ0v) is 20.0. The zero-order chi connectivity index (χ0) is 21.5. The second-order valence-corrected chi connectivity index (χ2v) is 8.72. The fourth-order valence-corrected chi connectivity index (χ4v) is 4.16. The van der Waals surface area contributed by atoms with Gasteiger partial charge in [-0.2, -0.15) is 0 Å². The third-order valence-electron chi connectivity index (χ3n) is 5.42. The summed E-state index contributed by atoms with van der Waals surface area (Å²) in [6.07, 6.45) is 4.00. The summed E-state index contributed by atoms with van der Waals surface area (Å²) in [5.74, 6) is 0.554. The molecule has 1 aromatic heterocycles. The van der Waals surface area contributed by atoms with Crippen molar-refractivity contribution >= 4 is 34.2 Å². The normalized spacial score (nSPS) is 11.9. The summed E-state index contributed by atoms with van der Waals surface area (Å²) < 4.78 is 8.65. The largest absolute Gasteiger partial charge is 0.495 e. The Bertz CT molecular complexity index is 982. The molecular formula is C25H29IN2O2. The summed E-state index contributed by atoms with van der Waals surface area (Å²) in [7, 11) is 1.62. The first kappa shape index (κ1) is 22.4. The van der Waals surface area contributed by atoms with Crippen LogP contribution in [-0.2, 0) is 12.8 Å². The van der Waals surface area contributed by atoms with E-state index < -0.39 is 0 Å². The minimum atomic E-state index is -0.107. The first-order valence-corrected chi connectivity index (χ1v) is 11.5. The number of nitrogens with zero attached hydrogens (tertiary/aromatic N) is 1. The van der Waals surface area contributed by atoms with Crippen molar-refractivity contribution in [1.29, 1.82) is 0 Å². The molecule has 0 spiro atoms. The second kappa shape index (κ2) is 10.7. The Hall–Kier alpha value is -2.28. The van der Waals surface area contributed by atoms with E-state index in [4.69, 9.17) is 4.74 Å². The summed E-state index contributed by atoms with van der Waals surface area (Å²) in [5.41, 5.74) is 3.94. The number of halogens is 1. The molecule has 158 valence electrons. The molecule has 0 radical (unpaired) electrons. The highest BCUT2D eigenvalue weighted by molar-refractivity contribution is 14.1. The number of amides is 1. The Morgan fingerprint density at radius 1 is 1.10 bits per heavy atom. The van der Waals surface area contributed by atoms with Crippen LogP contribution in [0, 0.1) is 3.57 Å². The number of hydrogen-bond donors (Lipinski definition) is 1. The van der Waals surface area contributed by atoms with Gasteiger partial charge < -0.3 is 14.6 Å². The van der Waals surface area contributed by atoms with E-state index in [1.165, 1.54) is 11.3 Å². The quantitative estimate of drug-likeness (QED) is 0.330. The first-order valence-electron chi connectivity index (χ1n) is 10.4. The van der Waals surface area contributed by atoms with Gasteiger partial charge in [0.15, 0.2) is 0 Å². The molecule has 4 nitrogen and oxygen atoms in total. The third kappa shape index (κ3) is 5.45. The molecule has 0 aliphatic carbocycles. The SMILES string of the molecule is CC[C@H](C)n1c(CCCc2ccccc2)ccc1C(=O)Nc1cc(I)ccc1OC. The van der Waals surface area contributed by atoms with Crippen molar-refractivity contribution in [2.45, 2.75) is 45.6 Å². The molecule has 3 rings (SSSR count). The molecule has 0 bridgehead atoms. The molecule has 0 unspecified atom stereocenters. The van der Waals surface area contributed by atoms with E-state index in [-0.39, 0.29) is 11.9 Å². The molecule has 2 aromatic carbocycles. The molecule has 0 aliphatic rings. The maximum Gasteiger partial charge on any atom is 0.272 e. The number of methoxy groups -OCH3 is 1. The fourth-order valence-electron chi connectivity index (χ4n) is 3.66. The summed E-state index contributed by atoms with van der Waals surface area (Å²) >= 11 is 2.24. The summed E-state index contributed by atoms with van der Waals surface area (Å²) in [6, 6.07) is 20.6. The minimum absolute atomic E-state index is 0.107. The molecule has 3 aromatic rings. The van der Waals surface area contributed by atoms with E-state index in [9.17, 15) is 4.79 Å². The van der Waals surface area contributed by atoms with Crippen molar-refractivity contribution in [3.05, 3.63) is 81.2 Å². The van der Waals surface area contributed by atoms with Crippen molar-refractivity contribution < 1.29 is 9.53 Å². The van der Waals surface area contributed by atoms with E-state index in [0.29, 0.717) is 17.1 Å². The van der Waals surface area contributed by atoms with Gasteiger partial charge in [-0.1, -0.05) is 37.3 Å². The number of ether oxygens (including phenoxy) is 1. The Morgan fingerprint density at radius 2 is 1.87 bits per heavy atom. The highest BCUT2D eigenvalue weighted by Crippen LogP contribution is 2.28. The summed E-state index contributed by atoms with van der Waals surface area (Å²) in [6.45, 7) is 4.33. The highest BCUT2D eigenvalue weighted by Gasteiger charge is 2.19. The minimum Gasteiger partial charge on any atom is -0.495 e. The van der Waals surface area contributed by atoms with Crippen LogP contribution in [0.1, 0.15) is 54.5 Å². The van der Waals surface area contributed by atoms with Gasteiger partial charge >= 0.3 is 0 Å². The Balaban J connectivity index is 1.79. The van der Waals surface area contributed by atoms with Crippen LogP contribution in [0.15, 0.2) is 60.7 Å². The van der Waals surface area contributed by atoms with Crippen molar-refractivity contribution in [2.24, 2.45) is 0 Å².